The molecule has 336 valence electrons. The normalized spacial score (nSPS) is 13.0. The van der Waals surface area contributed by atoms with Crippen LogP contribution < -0.4 is 10.6 Å². The number of carbonyl (C=O) groups excluding carboxylic acids is 5. The van der Waals surface area contributed by atoms with Gasteiger partial charge in [-0.3, -0.25) is 4.79 Å². The van der Waals surface area contributed by atoms with E-state index in [1.165, 1.54) is 122 Å². The van der Waals surface area contributed by atoms with Gasteiger partial charge in [-0.15, -0.1) is 0 Å². The zero-order chi connectivity index (χ0) is 43.6. The van der Waals surface area contributed by atoms with Crippen LogP contribution in [0.5, 0.6) is 0 Å². The van der Waals surface area contributed by atoms with Crippen molar-refractivity contribution in [1.82, 2.24) is 15.5 Å². The Morgan fingerprint density at radius 3 is 1.40 bits per heavy atom. The van der Waals surface area contributed by atoms with Crippen LogP contribution in [0.15, 0.2) is 24.3 Å². The Bertz CT molecular complexity index is 1180. The highest BCUT2D eigenvalue weighted by Gasteiger charge is 2.37. The summed E-state index contributed by atoms with van der Waals surface area (Å²) in [6.45, 7) is 10.3. The first-order valence-electron chi connectivity index (χ1n) is 21.5. The minimum absolute atomic E-state index is 0.118. The molecule has 0 aromatic heterocycles. The molecule has 0 rings (SSSR count). The molecule has 0 saturated carbocycles. The molecule has 0 aromatic carbocycles. The van der Waals surface area contributed by atoms with Crippen LogP contribution in [-0.2, 0) is 33.3 Å². The molecule has 0 saturated heterocycles. The molecule has 5 N–H and O–H groups in total. The number of ether oxygens (including phenoxy) is 4. The van der Waals surface area contributed by atoms with E-state index in [1.54, 1.807) is 0 Å². The van der Waals surface area contributed by atoms with Crippen molar-refractivity contribution >= 4 is 30.0 Å². The van der Waals surface area contributed by atoms with Gasteiger partial charge in [0.1, 0.15) is 38.1 Å². The van der Waals surface area contributed by atoms with Gasteiger partial charge in [0.15, 0.2) is 6.10 Å². The summed E-state index contributed by atoms with van der Waals surface area (Å²) >= 11 is 0. The van der Waals surface area contributed by atoms with Gasteiger partial charge in [-0.2, -0.15) is 0 Å². The van der Waals surface area contributed by atoms with Gasteiger partial charge in [0, 0.05) is 31.2 Å². The average molecular weight is 828 g/mol. The summed E-state index contributed by atoms with van der Waals surface area (Å²) in [6, 6.07) is 0. The third-order valence-electron chi connectivity index (χ3n) is 9.53. The van der Waals surface area contributed by atoms with E-state index in [1.807, 2.05) is 0 Å². The van der Waals surface area contributed by atoms with Gasteiger partial charge in [0.25, 0.3) is 0 Å². The van der Waals surface area contributed by atoms with Crippen molar-refractivity contribution in [1.29, 1.82) is 0 Å². The zero-order valence-corrected chi connectivity index (χ0v) is 36.1. The Hall–Kier alpha value is -3.69. The molecule has 3 amide bonds. The number of hydrogen-bond donors (Lipinski definition) is 5. The van der Waals surface area contributed by atoms with Crippen molar-refractivity contribution in [3.8, 4) is 0 Å². The van der Waals surface area contributed by atoms with Gasteiger partial charge >= 0.3 is 24.1 Å². The lowest BCUT2D eigenvalue weighted by atomic mass is 10.0. The summed E-state index contributed by atoms with van der Waals surface area (Å²) in [5.41, 5.74) is 0.342. The molecule has 0 aliphatic carbocycles. The second-order valence-corrected chi connectivity index (χ2v) is 15.2. The monoisotopic (exact) mass is 828 g/mol. The Labute approximate surface area is 347 Å². The minimum Gasteiger partial charge on any atom is -0.460 e. The number of aliphatic hydroxyl groups excluding tert-OH is 3. The molecular weight excluding hydrogens is 750 g/mol. The second kappa shape index (κ2) is 35.3. The van der Waals surface area contributed by atoms with Gasteiger partial charge in [0.2, 0.25) is 5.91 Å². The first-order chi connectivity index (χ1) is 27.7. The van der Waals surface area contributed by atoms with E-state index in [4.69, 9.17) is 18.9 Å². The van der Waals surface area contributed by atoms with Crippen molar-refractivity contribution in [2.75, 3.05) is 46.5 Å². The van der Waals surface area contributed by atoms with Crippen LogP contribution >= 0.6 is 0 Å². The maximum atomic E-state index is 12.8. The lowest BCUT2D eigenvalue weighted by Crippen LogP contribution is -2.53. The van der Waals surface area contributed by atoms with Crippen LogP contribution in [0.25, 0.3) is 0 Å². The van der Waals surface area contributed by atoms with Crippen LogP contribution in [0.1, 0.15) is 149 Å². The fourth-order valence-electron chi connectivity index (χ4n) is 5.94. The first kappa shape index (κ1) is 54.3. The molecule has 0 aromatic rings. The maximum Gasteiger partial charge on any atom is 0.407 e. The molecule has 4 unspecified atom stereocenters. The van der Waals surface area contributed by atoms with Crippen molar-refractivity contribution < 1.29 is 58.2 Å². The summed E-state index contributed by atoms with van der Waals surface area (Å²) in [5.74, 6) is -1.55. The number of unbranched alkanes of at least 4 members (excludes halogenated alkanes) is 18. The molecule has 4 atom stereocenters. The fourth-order valence-corrected chi connectivity index (χ4v) is 5.94. The van der Waals surface area contributed by atoms with E-state index in [-0.39, 0.29) is 56.3 Å². The van der Waals surface area contributed by atoms with Crippen LogP contribution in [0.4, 0.5) is 9.59 Å². The smallest absolute Gasteiger partial charge is 0.407 e. The zero-order valence-electron chi connectivity index (χ0n) is 36.1. The van der Waals surface area contributed by atoms with Crippen molar-refractivity contribution in [2.24, 2.45) is 0 Å². The Kier molecular flexibility index (Phi) is 33.0. The van der Waals surface area contributed by atoms with Gasteiger partial charge in [-0.05, 0) is 20.3 Å². The lowest BCUT2D eigenvalue weighted by Gasteiger charge is -2.31. The molecule has 0 bridgehead atoms. The van der Waals surface area contributed by atoms with E-state index in [0.29, 0.717) is 6.42 Å². The van der Waals surface area contributed by atoms with Gasteiger partial charge in [-0.25, -0.2) is 19.2 Å². The molecule has 0 spiro atoms. The number of likely N-dealkylation sites (N-methyl/N-ethyl adjacent to an activating group) is 1. The lowest BCUT2D eigenvalue weighted by molar-refractivity contribution is -0.139. The molecule has 0 aliphatic heterocycles. The number of aliphatic hydroxyl groups is 3. The highest BCUT2D eigenvalue weighted by molar-refractivity contribution is 5.87. The summed E-state index contributed by atoms with van der Waals surface area (Å²) in [6.07, 6.45) is 14.6. The summed E-state index contributed by atoms with van der Waals surface area (Å²) < 4.78 is 19.9. The molecule has 0 radical (unpaired) electrons. The van der Waals surface area contributed by atoms with Crippen LogP contribution in [0.3, 0.4) is 0 Å². The minimum atomic E-state index is -1.92. The van der Waals surface area contributed by atoms with E-state index in [0.717, 1.165) is 19.3 Å². The Morgan fingerprint density at radius 2 is 0.983 bits per heavy atom. The van der Waals surface area contributed by atoms with Gasteiger partial charge in [-0.1, -0.05) is 136 Å². The predicted molar refractivity (Wildman–Crippen MR) is 223 cm³/mol. The van der Waals surface area contributed by atoms with E-state index < -0.39 is 55.1 Å². The predicted octanol–water partition coefficient (Wildman–Crippen LogP) is 6.41. The van der Waals surface area contributed by atoms with Crippen molar-refractivity contribution in [2.45, 2.75) is 174 Å². The van der Waals surface area contributed by atoms with Crippen molar-refractivity contribution in [3.05, 3.63) is 24.3 Å². The number of esters is 2. The number of nitrogens with zero attached hydrogens (tertiary/aromatic N) is 1. The molecular formula is C43H77N3O12. The first-order valence-corrected chi connectivity index (χ1v) is 21.5. The highest BCUT2D eigenvalue weighted by Crippen LogP contribution is 2.16. The second-order valence-electron chi connectivity index (χ2n) is 15.2. The fraction of sp³-hybridized carbons (Fsp3) is 0.791. The highest BCUT2D eigenvalue weighted by atomic mass is 16.6. The summed E-state index contributed by atoms with van der Waals surface area (Å²) in [4.78, 5) is 61.7. The quantitative estimate of drug-likeness (QED) is 0.0201. The molecule has 0 aliphatic rings. The van der Waals surface area contributed by atoms with Gasteiger partial charge in [0.05, 0.1) is 13.1 Å². The number of carbonyl (C=O) groups is 5. The molecule has 15 heteroatoms. The number of rotatable bonds is 36. The summed E-state index contributed by atoms with van der Waals surface area (Å²) in [7, 11) is 1.47. The van der Waals surface area contributed by atoms with E-state index >= 15 is 0 Å². The summed E-state index contributed by atoms with van der Waals surface area (Å²) in [5, 5.41) is 37.2. The maximum absolute atomic E-state index is 12.8. The van der Waals surface area contributed by atoms with E-state index in [2.05, 4.69) is 30.7 Å². The molecule has 0 heterocycles. The van der Waals surface area contributed by atoms with Crippen LogP contribution in [0.2, 0.25) is 0 Å². The van der Waals surface area contributed by atoms with E-state index in [9.17, 15) is 39.3 Å². The van der Waals surface area contributed by atoms with Gasteiger partial charge < -0.3 is 49.8 Å². The number of hydrogen-bond acceptors (Lipinski definition) is 12. The standard InChI is InChI=1S/C43H77N3O12/c1-7-8-9-10-11-12-13-14-15-16-17-18-19-20-21-22-23-24-25-26-37(49)46(6)31-35(47)38(50)39(58-43(54)45-28-30-56-41(52)34(4)5)36(48)32-57-42(53)44-27-29-55-40(51)33(2)3/h35-36,38-39,47-48,50H,2,4,7-32H2,1,3,5-6H3,(H,44,53)(H,45,54). The number of amides is 3. The number of alkyl carbamates (subject to hydrolysis) is 2. The third kappa shape index (κ3) is 29.5. The largest absolute Gasteiger partial charge is 0.460 e. The SMILES string of the molecule is C=C(C)C(=O)OCCNC(=O)OCC(O)C(OC(=O)NCCOC(=O)C(=C)C)C(O)C(O)CN(C)C(=O)CCCCCCCCCCCCCCCCCCCCC. The molecule has 15 nitrogen and oxygen atoms in total. The van der Waals surface area contributed by atoms with Crippen LogP contribution in [0, 0.1) is 0 Å². The molecule has 0 fully saturated rings. The molecule has 58 heavy (non-hydrogen) atoms. The Balaban J connectivity index is 4.63. The average Bonchev–Trinajstić information content (AvgIpc) is 3.19. The van der Waals surface area contributed by atoms with Crippen LogP contribution in [-0.4, -0.2) is 121 Å². The third-order valence-corrected chi connectivity index (χ3v) is 9.53. The number of nitrogens with one attached hydrogen (secondary N) is 2. The topological polar surface area (TPSA) is 210 Å². The Morgan fingerprint density at radius 1 is 0.586 bits per heavy atom. The van der Waals surface area contributed by atoms with Crippen molar-refractivity contribution in [3.63, 3.8) is 0 Å².